The number of rotatable bonds is 6. The zero-order chi connectivity index (χ0) is 14.0. The van der Waals surface area contributed by atoms with Gasteiger partial charge in [0.1, 0.15) is 4.21 Å². The summed E-state index contributed by atoms with van der Waals surface area (Å²) in [6, 6.07) is 2.76. The van der Waals surface area contributed by atoms with Gasteiger partial charge in [0.05, 0.1) is 6.04 Å². The fourth-order valence-corrected chi connectivity index (χ4v) is 4.40. The highest BCUT2D eigenvalue weighted by Gasteiger charge is 2.37. The van der Waals surface area contributed by atoms with Crippen molar-refractivity contribution in [1.29, 1.82) is 0 Å². The third kappa shape index (κ3) is 3.26. The van der Waals surface area contributed by atoms with Gasteiger partial charge >= 0.3 is 0 Å². The number of thiophene rings is 1. The highest BCUT2D eigenvalue weighted by atomic mass is 32.2. The molecule has 0 bridgehead atoms. The van der Waals surface area contributed by atoms with Crippen LogP contribution in [0, 0.1) is 5.92 Å². The standard InChI is InChI=1S/C11H17N3O3S2/c1-2-8-5-6-9(18-8)19(16,17)14-10(7-3-4-7)11(12)13-15/h5-7,10,14-15H,2-4H2,1H3,(H2,12,13). The Bertz CT molecular complexity index is 576. The molecule has 1 heterocycles. The zero-order valence-corrected chi connectivity index (χ0v) is 12.2. The molecule has 0 amide bonds. The summed E-state index contributed by atoms with van der Waals surface area (Å²) in [5.74, 6) is 0.0367. The van der Waals surface area contributed by atoms with Gasteiger partial charge in [0.25, 0.3) is 10.0 Å². The van der Waals surface area contributed by atoms with Gasteiger partial charge in [0.2, 0.25) is 0 Å². The van der Waals surface area contributed by atoms with Gasteiger partial charge < -0.3 is 10.9 Å². The molecule has 1 aliphatic rings. The summed E-state index contributed by atoms with van der Waals surface area (Å²) < 4.78 is 27.3. The van der Waals surface area contributed by atoms with Gasteiger partial charge in [-0.05, 0) is 37.3 Å². The molecule has 4 N–H and O–H groups in total. The number of hydrogen-bond acceptors (Lipinski definition) is 5. The van der Waals surface area contributed by atoms with Gasteiger partial charge in [0, 0.05) is 4.88 Å². The van der Waals surface area contributed by atoms with Crippen LogP contribution in [-0.2, 0) is 16.4 Å². The normalized spacial score (nSPS) is 18.5. The molecular weight excluding hydrogens is 286 g/mol. The first kappa shape index (κ1) is 14.3. The molecule has 0 saturated heterocycles. The first-order valence-corrected chi connectivity index (χ1v) is 8.36. The molecule has 19 heavy (non-hydrogen) atoms. The summed E-state index contributed by atoms with van der Waals surface area (Å²) in [5.41, 5.74) is 5.55. The van der Waals surface area contributed by atoms with Crippen LogP contribution in [0.15, 0.2) is 21.5 Å². The number of hydrogen-bond donors (Lipinski definition) is 3. The molecule has 0 aromatic carbocycles. The van der Waals surface area contributed by atoms with E-state index < -0.39 is 16.1 Å². The molecule has 1 saturated carbocycles. The van der Waals surface area contributed by atoms with Crippen molar-refractivity contribution in [3.63, 3.8) is 0 Å². The molecule has 1 aliphatic carbocycles. The van der Waals surface area contributed by atoms with Crippen molar-refractivity contribution in [3.8, 4) is 0 Å². The number of sulfonamides is 1. The monoisotopic (exact) mass is 303 g/mol. The van der Waals surface area contributed by atoms with Crippen LogP contribution in [0.2, 0.25) is 0 Å². The van der Waals surface area contributed by atoms with Gasteiger partial charge in [-0.15, -0.1) is 11.3 Å². The van der Waals surface area contributed by atoms with Crippen molar-refractivity contribution in [2.45, 2.75) is 36.4 Å². The molecule has 0 aliphatic heterocycles. The Morgan fingerprint density at radius 2 is 2.32 bits per heavy atom. The molecule has 2 rings (SSSR count). The van der Waals surface area contributed by atoms with E-state index in [1.165, 1.54) is 11.3 Å². The van der Waals surface area contributed by atoms with Crippen LogP contribution in [0.5, 0.6) is 0 Å². The number of amidine groups is 1. The lowest BCUT2D eigenvalue weighted by molar-refractivity contribution is 0.314. The molecule has 0 spiro atoms. The zero-order valence-electron chi connectivity index (χ0n) is 10.5. The van der Waals surface area contributed by atoms with Crippen LogP contribution < -0.4 is 10.5 Å². The second-order valence-corrected chi connectivity index (χ2v) is 7.64. The fourth-order valence-electron chi connectivity index (χ4n) is 1.81. The SMILES string of the molecule is CCc1ccc(S(=O)(=O)NC(C(N)=NO)C2CC2)s1. The molecule has 1 unspecified atom stereocenters. The Morgan fingerprint density at radius 1 is 1.63 bits per heavy atom. The highest BCUT2D eigenvalue weighted by molar-refractivity contribution is 7.91. The smallest absolute Gasteiger partial charge is 0.250 e. The maximum absolute atomic E-state index is 12.2. The molecule has 1 atom stereocenters. The van der Waals surface area contributed by atoms with E-state index >= 15 is 0 Å². The van der Waals surface area contributed by atoms with E-state index in [1.54, 1.807) is 12.1 Å². The summed E-state index contributed by atoms with van der Waals surface area (Å²) in [6.45, 7) is 1.97. The Kier molecular flexibility index (Phi) is 4.12. The van der Waals surface area contributed by atoms with Gasteiger partial charge in [-0.3, -0.25) is 0 Å². The predicted molar refractivity (Wildman–Crippen MR) is 73.9 cm³/mol. The molecule has 6 nitrogen and oxygen atoms in total. The molecular formula is C11H17N3O3S2. The maximum Gasteiger partial charge on any atom is 0.250 e. The van der Waals surface area contributed by atoms with Crippen LogP contribution in [0.25, 0.3) is 0 Å². The minimum atomic E-state index is -3.61. The molecule has 1 aromatic rings. The van der Waals surface area contributed by atoms with E-state index in [0.717, 1.165) is 24.1 Å². The molecule has 1 aromatic heterocycles. The minimum Gasteiger partial charge on any atom is -0.409 e. The largest absolute Gasteiger partial charge is 0.409 e. The Balaban J connectivity index is 2.19. The lowest BCUT2D eigenvalue weighted by atomic mass is 10.2. The number of nitrogens with one attached hydrogen (secondary N) is 1. The van der Waals surface area contributed by atoms with Gasteiger partial charge in [-0.2, -0.15) is 4.72 Å². The van der Waals surface area contributed by atoms with E-state index in [4.69, 9.17) is 10.9 Å². The van der Waals surface area contributed by atoms with Crippen molar-refractivity contribution < 1.29 is 13.6 Å². The average Bonchev–Trinajstić information content (AvgIpc) is 3.11. The Labute approximate surface area is 116 Å². The lowest BCUT2D eigenvalue weighted by Gasteiger charge is -2.15. The van der Waals surface area contributed by atoms with E-state index in [0.29, 0.717) is 0 Å². The van der Waals surface area contributed by atoms with Crippen LogP contribution in [0.4, 0.5) is 0 Å². The van der Waals surface area contributed by atoms with Crippen LogP contribution in [0.1, 0.15) is 24.6 Å². The fraction of sp³-hybridized carbons (Fsp3) is 0.545. The molecule has 1 fully saturated rings. The summed E-state index contributed by atoms with van der Waals surface area (Å²) >= 11 is 1.24. The van der Waals surface area contributed by atoms with E-state index in [2.05, 4.69) is 9.88 Å². The second-order valence-electron chi connectivity index (χ2n) is 4.54. The van der Waals surface area contributed by atoms with Gasteiger partial charge in [-0.25, -0.2) is 8.42 Å². The first-order valence-electron chi connectivity index (χ1n) is 6.06. The summed E-state index contributed by atoms with van der Waals surface area (Å²) in [7, 11) is -3.61. The number of oxime groups is 1. The Morgan fingerprint density at radius 3 is 2.79 bits per heavy atom. The lowest BCUT2D eigenvalue weighted by Crippen LogP contribution is -2.45. The van der Waals surface area contributed by atoms with Gasteiger partial charge in [-0.1, -0.05) is 12.1 Å². The number of nitrogens with two attached hydrogens (primary N) is 1. The average molecular weight is 303 g/mol. The number of nitrogens with zero attached hydrogens (tertiary/aromatic N) is 1. The molecule has 0 radical (unpaired) electrons. The van der Waals surface area contributed by atoms with Crippen molar-refractivity contribution >= 4 is 27.2 Å². The van der Waals surface area contributed by atoms with E-state index in [-0.39, 0.29) is 16.0 Å². The molecule has 8 heteroatoms. The van der Waals surface area contributed by atoms with E-state index in [1.807, 2.05) is 6.92 Å². The van der Waals surface area contributed by atoms with Crippen LogP contribution in [0.3, 0.4) is 0 Å². The predicted octanol–water partition coefficient (Wildman–Crippen LogP) is 1.11. The quantitative estimate of drug-likeness (QED) is 0.317. The second kappa shape index (κ2) is 5.48. The van der Waals surface area contributed by atoms with Crippen molar-refractivity contribution in [2.75, 3.05) is 0 Å². The van der Waals surface area contributed by atoms with Crippen LogP contribution >= 0.6 is 11.3 Å². The number of aryl methyl sites for hydroxylation is 1. The molecule has 106 valence electrons. The summed E-state index contributed by atoms with van der Waals surface area (Å²) in [6.07, 6.45) is 2.56. The maximum atomic E-state index is 12.2. The topological polar surface area (TPSA) is 105 Å². The first-order chi connectivity index (χ1) is 8.97. The summed E-state index contributed by atoms with van der Waals surface area (Å²) in [5, 5.41) is 11.6. The highest BCUT2D eigenvalue weighted by Crippen LogP contribution is 2.34. The Hall–Kier alpha value is -1.12. The van der Waals surface area contributed by atoms with Gasteiger partial charge in [0.15, 0.2) is 5.84 Å². The minimum absolute atomic E-state index is 0.0849. The van der Waals surface area contributed by atoms with Crippen LogP contribution in [-0.4, -0.2) is 25.5 Å². The third-order valence-electron chi connectivity index (χ3n) is 3.06. The third-order valence-corrected chi connectivity index (χ3v) is 6.22. The van der Waals surface area contributed by atoms with Crippen molar-refractivity contribution in [1.82, 2.24) is 4.72 Å². The van der Waals surface area contributed by atoms with E-state index in [9.17, 15) is 8.42 Å². The van der Waals surface area contributed by atoms with Crippen molar-refractivity contribution in [3.05, 3.63) is 17.0 Å². The summed E-state index contributed by atoms with van der Waals surface area (Å²) in [4.78, 5) is 1.01. The van der Waals surface area contributed by atoms with Crippen molar-refractivity contribution in [2.24, 2.45) is 16.8 Å².